The van der Waals surface area contributed by atoms with Crippen LogP contribution in [0.15, 0.2) is 83.3 Å². The van der Waals surface area contributed by atoms with Crippen molar-refractivity contribution in [1.29, 1.82) is 0 Å². The van der Waals surface area contributed by atoms with Crippen LogP contribution in [0.3, 0.4) is 0 Å². The van der Waals surface area contributed by atoms with E-state index in [1.54, 1.807) is 6.92 Å². The lowest BCUT2D eigenvalue weighted by Crippen LogP contribution is -2.26. The Labute approximate surface area is 175 Å². The fourth-order valence-corrected chi connectivity index (χ4v) is 3.35. The van der Waals surface area contributed by atoms with Crippen molar-refractivity contribution < 1.29 is 29.3 Å². The van der Waals surface area contributed by atoms with Gasteiger partial charge >= 0.3 is 11.9 Å². The molecule has 156 valence electrons. The normalized spacial score (nSPS) is 16.4. The molecule has 1 aliphatic rings. The number of esters is 2. The third-order valence-electron chi connectivity index (χ3n) is 4.94. The quantitative estimate of drug-likeness (QED) is 0.654. The maximum Gasteiger partial charge on any atom is 0.338 e. The molecule has 0 saturated heterocycles. The second-order valence-electron chi connectivity index (χ2n) is 6.99. The summed E-state index contributed by atoms with van der Waals surface area (Å²) in [7, 11) is 0. The number of aliphatic hydroxyl groups excluding tert-OH is 2. The summed E-state index contributed by atoms with van der Waals surface area (Å²) >= 11 is 0. The molecule has 1 atom stereocenters. The van der Waals surface area contributed by atoms with E-state index in [4.69, 9.17) is 9.47 Å². The number of rotatable bonds is 7. The van der Waals surface area contributed by atoms with Crippen molar-refractivity contribution in [3.8, 4) is 0 Å². The molecule has 0 bridgehead atoms. The van der Waals surface area contributed by atoms with Crippen LogP contribution in [0.2, 0.25) is 0 Å². The van der Waals surface area contributed by atoms with Crippen LogP contribution < -0.4 is 0 Å². The van der Waals surface area contributed by atoms with Gasteiger partial charge in [0.15, 0.2) is 0 Å². The summed E-state index contributed by atoms with van der Waals surface area (Å²) in [4.78, 5) is 25.1. The highest BCUT2D eigenvalue weighted by molar-refractivity contribution is 5.95. The number of allylic oxidation sites excluding steroid dienone is 2. The molecule has 0 spiro atoms. The van der Waals surface area contributed by atoms with Crippen LogP contribution in [-0.2, 0) is 32.3 Å². The SMILES string of the molecule is CCC1C(O)=C(C(=O)OCc2ccccc2)CC(O)=C1C(=O)OCc1ccccc1. The lowest BCUT2D eigenvalue weighted by atomic mass is 9.84. The largest absolute Gasteiger partial charge is 0.511 e. The average Bonchev–Trinajstić information content (AvgIpc) is 2.78. The number of benzene rings is 2. The molecule has 2 N–H and O–H groups in total. The van der Waals surface area contributed by atoms with Crippen molar-refractivity contribution in [2.75, 3.05) is 0 Å². The number of ether oxygens (including phenoxy) is 2. The van der Waals surface area contributed by atoms with Gasteiger partial charge in [0.05, 0.1) is 17.1 Å². The molecule has 0 amide bonds. The zero-order valence-electron chi connectivity index (χ0n) is 16.7. The highest BCUT2D eigenvalue weighted by Gasteiger charge is 2.37. The van der Waals surface area contributed by atoms with Gasteiger partial charge in [-0.15, -0.1) is 0 Å². The van der Waals surface area contributed by atoms with Crippen molar-refractivity contribution in [3.05, 3.63) is 94.5 Å². The fraction of sp³-hybridized carbons (Fsp3) is 0.250. The summed E-state index contributed by atoms with van der Waals surface area (Å²) < 4.78 is 10.6. The molecular formula is C24H24O6. The van der Waals surface area contributed by atoms with Crippen molar-refractivity contribution in [2.45, 2.75) is 33.0 Å². The standard InChI is InChI=1S/C24H24O6/c1-2-18-21(24(28)30-15-17-11-7-4-8-12-17)20(25)13-19(22(18)26)23(27)29-14-16-9-5-3-6-10-16/h3-12,18,25-26H,2,13-15H2,1H3. The van der Waals surface area contributed by atoms with Gasteiger partial charge in [-0.2, -0.15) is 0 Å². The van der Waals surface area contributed by atoms with Crippen LogP contribution in [-0.4, -0.2) is 22.2 Å². The van der Waals surface area contributed by atoms with Crippen LogP contribution in [0.5, 0.6) is 0 Å². The topological polar surface area (TPSA) is 93.1 Å². The van der Waals surface area contributed by atoms with Gasteiger partial charge in [0.25, 0.3) is 0 Å². The summed E-state index contributed by atoms with van der Waals surface area (Å²) in [5.74, 6) is -2.82. The number of aliphatic hydroxyl groups is 2. The molecule has 1 aliphatic carbocycles. The minimum atomic E-state index is -0.832. The molecule has 0 heterocycles. The molecule has 0 aromatic heterocycles. The van der Waals surface area contributed by atoms with Gasteiger partial charge < -0.3 is 19.7 Å². The third kappa shape index (κ3) is 4.89. The first-order valence-corrected chi connectivity index (χ1v) is 9.77. The number of hydrogen-bond acceptors (Lipinski definition) is 6. The van der Waals surface area contributed by atoms with Crippen LogP contribution in [0.4, 0.5) is 0 Å². The van der Waals surface area contributed by atoms with Crippen LogP contribution in [0.25, 0.3) is 0 Å². The maximum absolute atomic E-state index is 12.6. The van der Waals surface area contributed by atoms with Crippen LogP contribution >= 0.6 is 0 Å². The van der Waals surface area contributed by atoms with E-state index < -0.39 is 17.9 Å². The highest BCUT2D eigenvalue weighted by Crippen LogP contribution is 2.36. The first-order valence-electron chi connectivity index (χ1n) is 9.77. The Balaban J connectivity index is 1.70. The van der Waals surface area contributed by atoms with E-state index >= 15 is 0 Å². The molecule has 0 radical (unpaired) electrons. The Bertz CT molecular complexity index is 960. The summed E-state index contributed by atoms with van der Waals surface area (Å²) in [6, 6.07) is 18.3. The molecule has 3 rings (SSSR count). The molecule has 30 heavy (non-hydrogen) atoms. The predicted molar refractivity (Wildman–Crippen MR) is 110 cm³/mol. The van der Waals surface area contributed by atoms with Gasteiger partial charge in [-0.25, -0.2) is 9.59 Å². The Morgan fingerprint density at radius 3 is 1.87 bits per heavy atom. The van der Waals surface area contributed by atoms with Crippen molar-refractivity contribution in [3.63, 3.8) is 0 Å². The van der Waals surface area contributed by atoms with E-state index in [0.29, 0.717) is 6.42 Å². The molecule has 2 aromatic rings. The van der Waals surface area contributed by atoms with Gasteiger partial charge in [-0.1, -0.05) is 67.6 Å². The van der Waals surface area contributed by atoms with Gasteiger partial charge in [0, 0.05) is 6.42 Å². The Morgan fingerprint density at radius 1 is 0.867 bits per heavy atom. The monoisotopic (exact) mass is 408 g/mol. The lowest BCUT2D eigenvalue weighted by Gasteiger charge is -2.25. The Morgan fingerprint density at radius 2 is 1.37 bits per heavy atom. The van der Waals surface area contributed by atoms with E-state index in [-0.39, 0.29) is 42.3 Å². The zero-order valence-corrected chi connectivity index (χ0v) is 16.7. The number of carbonyl (C=O) groups is 2. The molecule has 0 saturated carbocycles. The van der Waals surface area contributed by atoms with Crippen molar-refractivity contribution >= 4 is 11.9 Å². The van der Waals surface area contributed by atoms with Gasteiger partial charge in [-0.3, -0.25) is 0 Å². The first kappa shape index (κ1) is 21.2. The highest BCUT2D eigenvalue weighted by atomic mass is 16.5. The predicted octanol–water partition coefficient (Wildman–Crippen LogP) is 4.53. The van der Waals surface area contributed by atoms with Crippen LogP contribution in [0, 0.1) is 5.92 Å². The molecule has 2 aromatic carbocycles. The van der Waals surface area contributed by atoms with E-state index in [1.807, 2.05) is 60.7 Å². The first-order chi connectivity index (χ1) is 14.5. The maximum atomic E-state index is 12.6. The minimum absolute atomic E-state index is 0.0226. The number of carbonyl (C=O) groups excluding carboxylic acids is 2. The molecule has 6 heteroatoms. The lowest BCUT2D eigenvalue weighted by molar-refractivity contribution is -0.143. The summed E-state index contributed by atoms with van der Waals surface area (Å²) in [5.41, 5.74) is 1.54. The summed E-state index contributed by atoms with van der Waals surface area (Å²) in [6.07, 6.45) is 0.0207. The molecular weight excluding hydrogens is 384 g/mol. The smallest absolute Gasteiger partial charge is 0.338 e. The van der Waals surface area contributed by atoms with E-state index in [1.165, 1.54) is 0 Å². The molecule has 0 aliphatic heterocycles. The van der Waals surface area contributed by atoms with E-state index in [0.717, 1.165) is 11.1 Å². The third-order valence-corrected chi connectivity index (χ3v) is 4.94. The number of hydrogen-bond donors (Lipinski definition) is 2. The van der Waals surface area contributed by atoms with Gasteiger partial charge in [-0.05, 0) is 17.5 Å². The Kier molecular flexibility index (Phi) is 6.91. The fourth-order valence-electron chi connectivity index (χ4n) is 3.35. The molecule has 1 unspecified atom stereocenters. The van der Waals surface area contributed by atoms with E-state index in [9.17, 15) is 19.8 Å². The van der Waals surface area contributed by atoms with Gasteiger partial charge in [0.2, 0.25) is 0 Å². The minimum Gasteiger partial charge on any atom is -0.511 e. The zero-order chi connectivity index (χ0) is 21.5. The second kappa shape index (κ2) is 9.78. The summed E-state index contributed by atoms with van der Waals surface area (Å²) in [5, 5.41) is 21.1. The van der Waals surface area contributed by atoms with E-state index in [2.05, 4.69) is 0 Å². The summed E-state index contributed by atoms with van der Waals surface area (Å²) in [6.45, 7) is 1.84. The van der Waals surface area contributed by atoms with Crippen molar-refractivity contribution in [2.24, 2.45) is 5.92 Å². The van der Waals surface area contributed by atoms with Crippen molar-refractivity contribution in [1.82, 2.24) is 0 Å². The molecule has 0 fully saturated rings. The Hall–Kier alpha value is -3.54. The van der Waals surface area contributed by atoms with Gasteiger partial charge in [0.1, 0.15) is 24.7 Å². The molecule has 6 nitrogen and oxygen atoms in total. The van der Waals surface area contributed by atoms with Crippen LogP contribution in [0.1, 0.15) is 30.9 Å². The average molecular weight is 408 g/mol. The second-order valence-corrected chi connectivity index (χ2v) is 6.99.